The molecule has 0 bridgehead atoms. The molecule has 0 aliphatic heterocycles. The zero-order valence-corrected chi connectivity index (χ0v) is 16.8. The van der Waals surface area contributed by atoms with E-state index in [1.165, 1.54) is 19.1 Å². The first-order chi connectivity index (χ1) is 13.2. The van der Waals surface area contributed by atoms with Gasteiger partial charge in [-0.15, -0.1) is 0 Å². The van der Waals surface area contributed by atoms with E-state index in [9.17, 15) is 18.0 Å². The Kier molecular flexibility index (Phi) is 7.31. The van der Waals surface area contributed by atoms with Crippen LogP contribution < -0.4 is 9.46 Å². The standard InChI is InChI=1S/C20H23NO6S/c1-4-26-17-9-7-16(8-10-17)20(23)15(3)27-19(22)13-21-28(24,25)18-11-5-14(2)6-12-18/h5-12,15,21H,4,13H2,1-3H3/t15-/m0/s1. The number of ether oxygens (including phenoxy) is 2. The molecule has 2 aromatic rings. The van der Waals surface area contributed by atoms with Crippen molar-refractivity contribution in [3.8, 4) is 5.75 Å². The predicted octanol–water partition coefficient (Wildman–Crippen LogP) is 2.49. The summed E-state index contributed by atoms with van der Waals surface area (Å²) in [6.07, 6.45) is -1.05. The van der Waals surface area contributed by atoms with Crippen LogP contribution in [-0.2, 0) is 19.6 Å². The molecule has 0 spiro atoms. The molecule has 0 saturated heterocycles. The number of hydrogen-bond acceptors (Lipinski definition) is 6. The molecule has 150 valence electrons. The zero-order chi connectivity index (χ0) is 20.7. The topological polar surface area (TPSA) is 98.8 Å². The Labute approximate surface area is 164 Å². The van der Waals surface area contributed by atoms with Crippen LogP contribution in [0.25, 0.3) is 0 Å². The molecular weight excluding hydrogens is 382 g/mol. The summed E-state index contributed by atoms with van der Waals surface area (Å²) in [7, 11) is -3.84. The number of ketones is 1. The smallest absolute Gasteiger partial charge is 0.321 e. The average Bonchev–Trinajstić information content (AvgIpc) is 2.67. The summed E-state index contributed by atoms with van der Waals surface area (Å²) in [6.45, 7) is 5.07. The normalized spacial score (nSPS) is 12.2. The van der Waals surface area contributed by atoms with Gasteiger partial charge in [-0.2, -0.15) is 4.72 Å². The van der Waals surface area contributed by atoms with Gasteiger partial charge in [0.1, 0.15) is 12.3 Å². The molecule has 0 aromatic heterocycles. The first kappa shape index (κ1) is 21.6. The number of hydrogen-bond donors (Lipinski definition) is 1. The van der Waals surface area contributed by atoms with E-state index >= 15 is 0 Å². The van der Waals surface area contributed by atoms with Crippen LogP contribution in [0.15, 0.2) is 53.4 Å². The Balaban J connectivity index is 1.91. The highest BCUT2D eigenvalue weighted by molar-refractivity contribution is 7.89. The van der Waals surface area contributed by atoms with Crippen LogP contribution >= 0.6 is 0 Å². The number of aryl methyl sites for hydroxylation is 1. The molecule has 2 rings (SSSR count). The Bertz CT molecular complexity index is 920. The van der Waals surface area contributed by atoms with Gasteiger partial charge in [0, 0.05) is 5.56 Å². The fourth-order valence-corrected chi connectivity index (χ4v) is 3.33. The fraction of sp³-hybridized carbons (Fsp3) is 0.300. The van der Waals surface area contributed by atoms with Gasteiger partial charge in [0.25, 0.3) is 0 Å². The number of Topliss-reactive ketones (excluding diaryl/α,β-unsaturated/α-hetero) is 1. The monoisotopic (exact) mass is 405 g/mol. The Morgan fingerprint density at radius 1 is 1.04 bits per heavy atom. The summed E-state index contributed by atoms with van der Waals surface area (Å²) in [5.41, 5.74) is 1.28. The third-order valence-corrected chi connectivity index (χ3v) is 5.28. The lowest BCUT2D eigenvalue weighted by atomic mass is 10.1. The molecule has 1 atom stereocenters. The molecule has 1 N–H and O–H groups in total. The van der Waals surface area contributed by atoms with Gasteiger partial charge in [-0.3, -0.25) is 9.59 Å². The summed E-state index contributed by atoms with van der Waals surface area (Å²) in [5.74, 6) is -0.602. The maximum absolute atomic E-state index is 12.3. The molecule has 0 unspecified atom stereocenters. The lowest BCUT2D eigenvalue weighted by Crippen LogP contribution is -2.34. The molecule has 0 fully saturated rings. The van der Waals surface area contributed by atoms with Crippen LogP contribution in [0.4, 0.5) is 0 Å². The summed E-state index contributed by atoms with van der Waals surface area (Å²) in [4.78, 5) is 24.3. The third kappa shape index (κ3) is 5.90. The van der Waals surface area contributed by atoms with E-state index in [1.807, 2.05) is 13.8 Å². The highest BCUT2D eigenvalue weighted by Gasteiger charge is 2.21. The number of carbonyl (C=O) groups is 2. The van der Waals surface area contributed by atoms with E-state index in [-0.39, 0.29) is 4.90 Å². The van der Waals surface area contributed by atoms with Gasteiger partial charge in [0.15, 0.2) is 6.10 Å². The first-order valence-corrected chi connectivity index (χ1v) is 10.2. The van der Waals surface area contributed by atoms with Gasteiger partial charge >= 0.3 is 5.97 Å². The minimum atomic E-state index is -3.84. The lowest BCUT2D eigenvalue weighted by Gasteiger charge is -2.13. The maximum atomic E-state index is 12.3. The van der Waals surface area contributed by atoms with Crippen molar-refractivity contribution in [2.24, 2.45) is 0 Å². The zero-order valence-electron chi connectivity index (χ0n) is 16.0. The maximum Gasteiger partial charge on any atom is 0.321 e. The van der Waals surface area contributed by atoms with E-state index < -0.39 is 34.4 Å². The molecule has 0 amide bonds. The second-order valence-corrected chi connectivity index (χ2v) is 7.86. The fourth-order valence-electron chi connectivity index (χ4n) is 2.36. The summed E-state index contributed by atoms with van der Waals surface area (Å²) >= 11 is 0. The van der Waals surface area contributed by atoms with E-state index in [0.29, 0.717) is 17.9 Å². The molecule has 7 nitrogen and oxygen atoms in total. The van der Waals surface area contributed by atoms with E-state index in [1.54, 1.807) is 36.4 Å². The van der Waals surface area contributed by atoms with Crippen LogP contribution in [0, 0.1) is 6.92 Å². The number of sulfonamides is 1. The minimum Gasteiger partial charge on any atom is -0.494 e. The van der Waals surface area contributed by atoms with E-state index in [0.717, 1.165) is 5.56 Å². The van der Waals surface area contributed by atoms with Crippen molar-refractivity contribution in [1.29, 1.82) is 0 Å². The molecule has 28 heavy (non-hydrogen) atoms. The van der Waals surface area contributed by atoms with Crippen LogP contribution in [0.2, 0.25) is 0 Å². The van der Waals surface area contributed by atoms with Crippen molar-refractivity contribution >= 4 is 21.8 Å². The number of esters is 1. The minimum absolute atomic E-state index is 0.0458. The molecule has 0 aliphatic rings. The van der Waals surface area contributed by atoms with Gasteiger partial charge in [-0.25, -0.2) is 8.42 Å². The van der Waals surface area contributed by atoms with Gasteiger partial charge < -0.3 is 9.47 Å². The molecule has 8 heteroatoms. The lowest BCUT2D eigenvalue weighted by molar-refractivity contribution is -0.144. The predicted molar refractivity (Wildman–Crippen MR) is 104 cm³/mol. The van der Waals surface area contributed by atoms with Crippen LogP contribution in [0.5, 0.6) is 5.75 Å². The van der Waals surface area contributed by atoms with Crippen LogP contribution in [0.1, 0.15) is 29.8 Å². The average molecular weight is 405 g/mol. The Morgan fingerprint density at radius 3 is 2.21 bits per heavy atom. The molecule has 0 aliphatic carbocycles. The quantitative estimate of drug-likeness (QED) is 0.508. The molecular formula is C20H23NO6S. The van der Waals surface area contributed by atoms with Crippen molar-refractivity contribution in [2.75, 3.05) is 13.2 Å². The molecule has 2 aromatic carbocycles. The van der Waals surface area contributed by atoms with Crippen molar-refractivity contribution in [3.05, 3.63) is 59.7 Å². The first-order valence-electron chi connectivity index (χ1n) is 8.76. The third-order valence-electron chi connectivity index (χ3n) is 3.87. The molecule has 0 heterocycles. The second kappa shape index (κ2) is 9.48. The Hall–Kier alpha value is -2.71. The van der Waals surface area contributed by atoms with E-state index in [2.05, 4.69) is 4.72 Å². The van der Waals surface area contributed by atoms with Crippen LogP contribution in [-0.4, -0.2) is 39.4 Å². The highest BCUT2D eigenvalue weighted by Crippen LogP contribution is 2.14. The van der Waals surface area contributed by atoms with Crippen LogP contribution in [0.3, 0.4) is 0 Å². The van der Waals surface area contributed by atoms with Gasteiger partial charge in [-0.1, -0.05) is 17.7 Å². The second-order valence-electron chi connectivity index (χ2n) is 6.09. The van der Waals surface area contributed by atoms with Gasteiger partial charge in [0.2, 0.25) is 15.8 Å². The van der Waals surface area contributed by atoms with E-state index in [4.69, 9.17) is 9.47 Å². The highest BCUT2D eigenvalue weighted by atomic mass is 32.2. The van der Waals surface area contributed by atoms with Crippen molar-refractivity contribution in [3.63, 3.8) is 0 Å². The van der Waals surface area contributed by atoms with Gasteiger partial charge in [0.05, 0.1) is 11.5 Å². The largest absolute Gasteiger partial charge is 0.494 e. The van der Waals surface area contributed by atoms with Gasteiger partial charge in [-0.05, 0) is 57.2 Å². The van der Waals surface area contributed by atoms with Crippen molar-refractivity contribution in [1.82, 2.24) is 4.72 Å². The molecule has 0 saturated carbocycles. The number of nitrogens with one attached hydrogen (secondary N) is 1. The summed E-state index contributed by atoms with van der Waals surface area (Å²) < 4.78 is 36.9. The number of rotatable bonds is 9. The summed E-state index contributed by atoms with van der Waals surface area (Å²) in [5, 5.41) is 0. The van der Waals surface area contributed by atoms with Crippen molar-refractivity contribution < 1.29 is 27.5 Å². The molecule has 0 radical (unpaired) electrons. The number of benzene rings is 2. The number of carbonyl (C=O) groups excluding carboxylic acids is 2. The Morgan fingerprint density at radius 2 is 1.64 bits per heavy atom. The summed E-state index contributed by atoms with van der Waals surface area (Å²) in [6, 6.07) is 12.7. The SMILES string of the molecule is CCOc1ccc(C(=O)[C@H](C)OC(=O)CNS(=O)(=O)c2ccc(C)cc2)cc1. The van der Waals surface area contributed by atoms with Crippen molar-refractivity contribution in [2.45, 2.75) is 31.8 Å².